The molecular weight excluding hydrogens is 352 g/mol. The van der Waals surface area contributed by atoms with Crippen molar-refractivity contribution in [3.63, 3.8) is 0 Å². The molecule has 0 unspecified atom stereocenters. The zero-order valence-corrected chi connectivity index (χ0v) is 16.6. The normalized spacial score (nSPS) is 29.7. The third kappa shape index (κ3) is 2.78. The summed E-state index contributed by atoms with van der Waals surface area (Å²) in [5, 5.41) is 4.30. The minimum Gasteiger partial charge on any atom is -0.352 e. The summed E-state index contributed by atoms with van der Waals surface area (Å²) < 4.78 is 8.29. The van der Waals surface area contributed by atoms with Gasteiger partial charge in [0.15, 0.2) is 5.72 Å². The first-order chi connectivity index (χ1) is 13.6. The smallest absolute Gasteiger partial charge is 0.226 e. The van der Waals surface area contributed by atoms with E-state index < -0.39 is 5.72 Å². The van der Waals surface area contributed by atoms with Gasteiger partial charge in [0.2, 0.25) is 5.91 Å². The highest BCUT2D eigenvalue weighted by molar-refractivity contribution is 5.82. The Labute approximate surface area is 166 Å². The topological polar surface area (TPSA) is 50.6 Å². The summed E-state index contributed by atoms with van der Waals surface area (Å²) in [6, 6.07) is 11.0. The Morgan fingerprint density at radius 3 is 2.82 bits per heavy atom. The molecule has 2 aromatic rings. The van der Waals surface area contributed by atoms with Gasteiger partial charge >= 0.3 is 0 Å². The Bertz CT molecular complexity index is 865. The molecule has 3 saturated heterocycles. The van der Waals surface area contributed by atoms with Crippen LogP contribution in [0.2, 0.25) is 0 Å². The molecule has 3 atom stereocenters. The average molecular weight is 380 g/mol. The van der Waals surface area contributed by atoms with Crippen LogP contribution >= 0.6 is 0 Å². The second-order valence-corrected chi connectivity index (χ2v) is 8.69. The molecule has 0 saturated carbocycles. The van der Waals surface area contributed by atoms with Gasteiger partial charge in [-0.3, -0.25) is 14.4 Å². The fraction of sp³-hybridized carbons (Fsp3) is 0.545. The number of carbonyl (C=O) groups is 1. The van der Waals surface area contributed by atoms with Crippen molar-refractivity contribution in [2.75, 3.05) is 13.2 Å². The molecule has 4 heterocycles. The van der Waals surface area contributed by atoms with Gasteiger partial charge in [-0.05, 0) is 23.1 Å². The standard InChI is InChI=1S/C22H28N4O2/c1-16(2)19-15-28-22-7-10-24(20(22)12-21(27)26(19)22)13-17-5-3-6-18(11-17)14-25-9-4-8-23-25/h3-6,8-9,11,16,19-20H,7,10,12-15H2,1-2H3/t19-,20+,22-/m0/s1. The summed E-state index contributed by atoms with van der Waals surface area (Å²) in [5.74, 6) is 0.688. The van der Waals surface area contributed by atoms with Crippen molar-refractivity contribution < 1.29 is 9.53 Å². The number of hydrogen-bond donors (Lipinski definition) is 0. The molecule has 5 rings (SSSR count). The van der Waals surface area contributed by atoms with Crippen LogP contribution in [-0.4, -0.2) is 56.4 Å². The molecule has 1 spiro atoms. The maximum absolute atomic E-state index is 12.8. The number of hydrogen-bond acceptors (Lipinski definition) is 4. The van der Waals surface area contributed by atoms with E-state index in [0.29, 0.717) is 18.9 Å². The summed E-state index contributed by atoms with van der Waals surface area (Å²) in [6.07, 6.45) is 5.29. The maximum atomic E-state index is 12.8. The van der Waals surface area contributed by atoms with E-state index in [-0.39, 0.29) is 18.0 Å². The molecule has 0 aliphatic carbocycles. The molecule has 3 fully saturated rings. The Kier molecular flexibility index (Phi) is 4.29. The molecule has 3 aliphatic heterocycles. The minimum atomic E-state index is -0.390. The molecule has 1 amide bonds. The number of rotatable bonds is 5. The lowest BCUT2D eigenvalue weighted by atomic mass is 10.0. The molecule has 0 N–H and O–H groups in total. The molecule has 1 aromatic heterocycles. The number of carbonyl (C=O) groups excluding carboxylic acids is 1. The fourth-order valence-electron chi connectivity index (χ4n) is 5.29. The number of ether oxygens (including phenoxy) is 1. The van der Waals surface area contributed by atoms with Gasteiger partial charge in [0, 0.05) is 38.3 Å². The lowest BCUT2D eigenvalue weighted by Gasteiger charge is -2.34. The average Bonchev–Trinajstić information content (AvgIpc) is 3.41. The monoisotopic (exact) mass is 380 g/mol. The summed E-state index contributed by atoms with van der Waals surface area (Å²) in [7, 11) is 0. The number of nitrogens with zero attached hydrogens (tertiary/aromatic N) is 4. The van der Waals surface area contributed by atoms with Gasteiger partial charge in [0.05, 0.1) is 25.2 Å². The highest BCUT2D eigenvalue weighted by atomic mass is 16.5. The number of aromatic nitrogens is 2. The van der Waals surface area contributed by atoms with Gasteiger partial charge in [-0.2, -0.15) is 5.10 Å². The third-order valence-electron chi connectivity index (χ3n) is 6.65. The molecule has 0 radical (unpaired) electrons. The molecule has 1 aromatic carbocycles. The summed E-state index contributed by atoms with van der Waals surface area (Å²) >= 11 is 0. The van der Waals surface area contributed by atoms with Gasteiger partial charge < -0.3 is 9.64 Å². The van der Waals surface area contributed by atoms with E-state index in [1.807, 2.05) is 23.1 Å². The molecule has 0 bridgehead atoms. The Hall–Kier alpha value is -2.18. The Morgan fingerprint density at radius 2 is 2.07 bits per heavy atom. The van der Waals surface area contributed by atoms with Crippen LogP contribution in [0.3, 0.4) is 0 Å². The lowest BCUT2D eigenvalue weighted by Crippen LogP contribution is -2.50. The van der Waals surface area contributed by atoms with Crippen molar-refractivity contribution in [2.24, 2.45) is 5.92 Å². The van der Waals surface area contributed by atoms with Gasteiger partial charge in [-0.15, -0.1) is 0 Å². The SMILES string of the molecule is CC(C)[C@@H]1CO[C@@]23CCN(Cc4cccc(Cn5cccn5)c4)[C@@H]2CC(=O)N13. The van der Waals surface area contributed by atoms with Gasteiger partial charge in [-0.1, -0.05) is 38.1 Å². The molecular formula is C22H28N4O2. The van der Waals surface area contributed by atoms with E-state index in [1.54, 1.807) is 0 Å². The number of amides is 1. The molecule has 148 valence electrons. The summed E-state index contributed by atoms with van der Waals surface area (Å²) in [4.78, 5) is 17.4. The highest BCUT2D eigenvalue weighted by Crippen LogP contribution is 2.49. The molecule has 6 heteroatoms. The fourth-order valence-corrected chi connectivity index (χ4v) is 5.29. The van der Waals surface area contributed by atoms with E-state index >= 15 is 0 Å². The zero-order chi connectivity index (χ0) is 19.3. The van der Waals surface area contributed by atoms with Gasteiger partial charge in [0.1, 0.15) is 0 Å². The van der Waals surface area contributed by atoms with Crippen LogP contribution in [0, 0.1) is 5.92 Å². The van der Waals surface area contributed by atoms with E-state index in [1.165, 1.54) is 11.1 Å². The van der Waals surface area contributed by atoms with E-state index in [9.17, 15) is 4.79 Å². The van der Waals surface area contributed by atoms with Crippen molar-refractivity contribution >= 4 is 5.91 Å². The molecule has 28 heavy (non-hydrogen) atoms. The van der Waals surface area contributed by atoms with Crippen LogP contribution in [0.4, 0.5) is 0 Å². The van der Waals surface area contributed by atoms with Crippen LogP contribution in [-0.2, 0) is 22.6 Å². The minimum absolute atomic E-state index is 0.165. The van der Waals surface area contributed by atoms with E-state index in [4.69, 9.17) is 4.74 Å². The van der Waals surface area contributed by atoms with Crippen LogP contribution in [0.25, 0.3) is 0 Å². The first kappa shape index (κ1) is 17.9. The van der Waals surface area contributed by atoms with Crippen molar-refractivity contribution in [3.8, 4) is 0 Å². The largest absolute Gasteiger partial charge is 0.352 e. The second kappa shape index (κ2) is 6.71. The first-order valence-corrected chi connectivity index (χ1v) is 10.3. The van der Waals surface area contributed by atoms with Crippen LogP contribution in [0.1, 0.15) is 37.8 Å². The van der Waals surface area contributed by atoms with Crippen molar-refractivity contribution in [2.45, 2.75) is 57.6 Å². The van der Waals surface area contributed by atoms with Gasteiger partial charge in [0.25, 0.3) is 0 Å². The quantitative estimate of drug-likeness (QED) is 0.800. The lowest BCUT2D eigenvalue weighted by molar-refractivity contribution is -0.139. The van der Waals surface area contributed by atoms with Crippen molar-refractivity contribution in [3.05, 3.63) is 53.9 Å². The number of likely N-dealkylation sites (tertiary alicyclic amines) is 1. The Morgan fingerprint density at radius 1 is 1.25 bits per heavy atom. The summed E-state index contributed by atoms with van der Waals surface area (Å²) in [6.45, 7) is 7.66. The predicted octanol–water partition coefficient (Wildman–Crippen LogP) is 2.49. The third-order valence-corrected chi connectivity index (χ3v) is 6.65. The maximum Gasteiger partial charge on any atom is 0.226 e. The van der Waals surface area contributed by atoms with Crippen molar-refractivity contribution in [1.29, 1.82) is 0 Å². The van der Waals surface area contributed by atoms with E-state index in [0.717, 1.165) is 26.1 Å². The van der Waals surface area contributed by atoms with Crippen LogP contribution < -0.4 is 0 Å². The Balaban J connectivity index is 1.33. The first-order valence-electron chi connectivity index (χ1n) is 10.3. The highest BCUT2D eigenvalue weighted by Gasteiger charge is 2.64. The zero-order valence-electron chi connectivity index (χ0n) is 16.6. The second-order valence-electron chi connectivity index (χ2n) is 8.69. The van der Waals surface area contributed by atoms with Crippen molar-refractivity contribution in [1.82, 2.24) is 19.6 Å². The predicted molar refractivity (Wildman–Crippen MR) is 105 cm³/mol. The molecule has 3 aliphatic rings. The van der Waals surface area contributed by atoms with Crippen LogP contribution in [0.5, 0.6) is 0 Å². The van der Waals surface area contributed by atoms with Gasteiger partial charge in [-0.25, -0.2) is 0 Å². The van der Waals surface area contributed by atoms with E-state index in [2.05, 4.69) is 53.0 Å². The number of benzene rings is 1. The summed E-state index contributed by atoms with van der Waals surface area (Å²) in [5.41, 5.74) is 2.14. The molecule has 6 nitrogen and oxygen atoms in total. The van der Waals surface area contributed by atoms with Crippen LogP contribution in [0.15, 0.2) is 42.7 Å².